The molecule has 1 saturated heterocycles. The predicted molar refractivity (Wildman–Crippen MR) is 94.8 cm³/mol. The van der Waals surface area contributed by atoms with E-state index in [4.69, 9.17) is 4.74 Å². The normalized spacial score (nSPS) is 15.2. The van der Waals surface area contributed by atoms with E-state index in [2.05, 4.69) is 21.2 Å². The molecule has 134 valence electrons. The highest BCUT2D eigenvalue weighted by molar-refractivity contribution is 5.98. The van der Waals surface area contributed by atoms with E-state index in [0.717, 1.165) is 42.4 Å². The van der Waals surface area contributed by atoms with Gasteiger partial charge in [-0.25, -0.2) is 10.2 Å². The van der Waals surface area contributed by atoms with Crippen LogP contribution in [0.25, 0.3) is 10.9 Å². The zero-order valence-electron chi connectivity index (χ0n) is 14.4. The van der Waals surface area contributed by atoms with Gasteiger partial charge in [-0.15, -0.1) is 0 Å². The van der Waals surface area contributed by atoms with E-state index in [1.54, 1.807) is 6.92 Å². The number of aromatic amines is 1. The highest BCUT2D eigenvalue weighted by atomic mass is 16.5. The van der Waals surface area contributed by atoms with Crippen molar-refractivity contribution in [3.63, 3.8) is 0 Å². The molecule has 3 rings (SSSR count). The molecular formula is C18H24N4O3. The molecule has 25 heavy (non-hydrogen) atoms. The van der Waals surface area contributed by atoms with Crippen LogP contribution in [0.15, 0.2) is 24.3 Å². The number of nitrogens with one attached hydrogen (secondary N) is 4. The van der Waals surface area contributed by atoms with Gasteiger partial charge in [0, 0.05) is 28.9 Å². The lowest BCUT2D eigenvalue weighted by atomic mass is 9.98. The molecule has 2 heterocycles. The molecule has 0 unspecified atom stereocenters. The molecule has 0 atom stereocenters. The van der Waals surface area contributed by atoms with Gasteiger partial charge in [0.05, 0.1) is 6.61 Å². The number of benzene rings is 1. The molecule has 1 aromatic carbocycles. The third kappa shape index (κ3) is 4.00. The van der Waals surface area contributed by atoms with Gasteiger partial charge in [-0.05, 0) is 38.9 Å². The van der Waals surface area contributed by atoms with E-state index < -0.39 is 0 Å². The molecular weight excluding hydrogens is 320 g/mol. The van der Waals surface area contributed by atoms with Gasteiger partial charge in [0.2, 0.25) is 5.91 Å². The van der Waals surface area contributed by atoms with Crippen molar-refractivity contribution in [1.82, 2.24) is 21.2 Å². The minimum absolute atomic E-state index is 0.000902. The molecule has 1 aromatic heterocycles. The number of fused-ring (bicyclic) bond motifs is 1. The maximum Gasteiger partial charge on any atom is 0.355 e. The number of ether oxygens (including phenoxy) is 1. The number of esters is 1. The Morgan fingerprint density at radius 3 is 2.76 bits per heavy atom. The fourth-order valence-corrected chi connectivity index (χ4v) is 3.17. The fourth-order valence-electron chi connectivity index (χ4n) is 3.17. The van der Waals surface area contributed by atoms with Crippen LogP contribution >= 0.6 is 0 Å². The first-order valence-corrected chi connectivity index (χ1v) is 8.70. The molecule has 1 amide bonds. The molecule has 4 N–H and O–H groups in total. The van der Waals surface area contributed by atoms with Gasteiger partial charge in [-0.2, -0.15) is 0 Å². The highest BCUT2D eigenvalue weighted by Gasteiger charge is 2.22. The lowest BCUT2D eigenvalue weighted by molar-refractivity contribution is -0.126. The van der Waals surface area contributed by atoms with Crippen LogP contribution in [0, 0.1) is 5.92 Å². The number of aromatic nitrogens is 1. The molecule has 0 radical (unpaired) electrons. The number of rotatable bonds is 6. The number of carbonyl (C=O) groups is 2. The van der Waals surface area contributed by atoms with E-state index in [1.807, 2.05) is 24.3 Å². The van der Waals surface area contributed by atoms with Crippen molar-refractivity contribution < 1.29 is 14.3 Å². The van der Waals surface area contributed by atoms with Crippen LogP contribution in [0.4, 0.5) is 0 Å². The molecule has 0 saturated carbocycles. The zero-order chi connectivity index (χ0) is 17.6. The monoisotopic (exact) mass is 344 g/mol. The van der Waals surface area contributed by atoms with Gasteiger partial charge >= 0.3 is 5.97 Å². The van der Waals surface area contributed by atoms with E-state index >= 15 is 0 Å². The number of H-pyrrole nitrogens is 1. The third-order valence-electron chi connectivity index (χ3n) is 4.48. The Morgan fingerprint density at radius 2 is 2.00 bits per heavy atom. The van der Waals surface area contributed by atoms with Crippen molar-refractivity contribution >= 4 is 22.8 Å². The number of amides is 1. The molecule has 1 fully saturated rings. The van der Waals surface area contributed by atoms with Gasteiger partial charge < -0.3 is 15.0 Å². The number of para-hydroxylation sites is 1. The van der Waals surface area contributed by atoms with Crippen LogP contribution in [0.2, 0.25) is 0 Å². The lowest BCUT2D eigenvalue weighted by Crippen LogP contribution is -2.44. The summed E-state index contributed by atoms with van der Waals surface area (Å²) in [6, 6.07) is 7.68. The average Bonchev–Trinajstić information content (AvgIpc) is 3.01. The van der Waals surface area contributed by atoms with Crippen LogP contribution < -0.4 is 16.2 Å². The number of hydrogen-bond donors (Lipinski definition) is 4. The summed E-state index contributed by atoms with van der Waals surface area (Å²) >= 11 is 0. The SMILES string of the molecule is CCOC(=O)c1[nH]c2ccccc2c1CNNC(=O)C1CCNCC1. The fraction of sp³-hybridized carbons (Fsp3) is 0.444. The largest absolute Gasteiger partial charge is 0.461 e. The van der Waals surface area contributed by atoms with Crippen LogP contribution in [0.1, 0.15) is 35.8 Å². The maximum atomic E-state index is 12.2. The van der Waals surface area contributed by atoms with Gasteiger partial charge in [0.15, 0.2) is 0 Å². The lowest BCUT2D eigenvalue weighted by Gasteiger charge is -2.21. The predicted octanol–water partition coefficient (Wildman–Crippen LogP) is 1.47. The standard InChI is InChI=1S/C18H24N4O3/c1-2-25-18(24)16-14(13-5-3-4-6-15(13)21-16)11-20-22-17(23)12-7-9-19-10-8-12/h3-6,12,19-21H,2,7-11H2,1H3,(H,22,23). The summed E-state index contributed by atoms with van der Waals surface area (Å²) in [5, 5.41) is 4.18. The second-order valence-corrected chi connectivity index (χ2v) is 6.11. The van der Waals surface area contributed by atoms with Gasteiger partial charge in [0.25, 0.3) is 0 Å². The second-order valence-electron chi connectivity index (χ2n) is 6.11. The van der Waals surface area contributed by atoms with Crippen LogP contribution in [0.3, 0.4) is 0 Å². The Kier molecular flexibility index (Phi) is 5.67. The van der Waals surface area contributed by atoms with Crippen LogP contribution in [-0.4, -0.2) is 36.6 Å². The van der Waals surface area contributed by atoms with E-state index in [1.165, 1.54) is 0 Å². The number of carbonyl (C=O) groups excluding carboxylic acids is 2. The highest BCUT2D eigenvalue weighted by Crippen LogP contribution is 2.23. The van der Waals surface area contributed by atoms with Crippen LogP contribution in [-0.2, 0) is 16.1 Å². The van der Waals surface area contributed by atoms with Crippen LogP contribution in [0.5, 0.6) is 0 Å². The van der Waals surface area contributed by atoms with Gasteiger partial charge in [-0.1, -0.05) is 18.2 Å². The summed E-state index contributed by atoms with van der Waals surface area (Å²) in [6.45, 7) is 4.17. The maximum absolute atomic E-state index is 12.2. The van der Waals surface area contributed by atoms with E-state index in [9.17, 15) is 9.59 Å². The summed E-state index contributed by atoms with van der Waals surface area (Å²) in [7, 11) is 0. The van der Waals surface area contributed by atoms with E-state index in [-0.39, 0.29) is 17.8 Å². The first kappa shape index (κ1) is 17.4. The van der Waals surface area contributed by atoms with Crippen molar-refractivity contribution in [3.05, 3.63) is 35.5 Å². The van der Waals surface area contributed by atoms with Crippen molar-refractivity contribution in [1.29, 1.82) is 0 Å². The molecule has 1 aliphatic heterocycles. The summed E-state index contributed by atoms with van der Waals surface area (Å²) < 4.78 is 5.13. The summed E-state index contributed by atoms with van der Waals surface area (Å²) in [5.74, 6) is -0.361. The first-order chi connectivity index (χ1) is 12.2. The number of hydrogen-bond acceptors (Lipinski definition) is 5. The Bertz CT molecular complexity index is 750. The molecule has 1 aliphatic rings. The number of hydrazine groups is 1. The molecule has 0 spiro atoms. The molecule has 7 heteroatoms. The Labute approximate surface area is 146 Å². The van der Waals surface area contributed by atoms with Crippen molar-refractivity contribution in [2.24, 2.45) is 5.92 Å². The quantitative estimate of drug-likeness (QED) is 0.470. The summed E-state index contributed by atoms with van der Waals surface area (Å²) in [4.78, 5) is 27.5. The second kappa shape index (κ2) is 8.13. The molecule has 0 bridgehead atoms. The topological polar surface area (TPSA) is 95.2 Å². The Morgan fingerprint density at radius 1 is 1.24 bits per heavy atom. The van der Waals surface area contributed by atoms with Crippen molar-refractivity contribution in [2.75, 3.05) is 19.7 Å². The molecule has 7 nitrogen and oxygen atoms in total. The number of piperidine rings is 1. The third-order valence-corrected chi connectivity index (χ3v) is 4.48. The van der Waals surface area contributed by atoms with Gasteiger partial charge in [0.1, 0.15) is 5.69 Å². The first-order valence-electron chi connectivity index (χ1n) is 8.70. The smallest absolute Gasteiger partial charge is 0.355 e. The molecule has 0 aliphatic carbocycles. The summed E-state index contributed by atoms with van der Waals surface area (Å²) in [5.41, 5.74) is 7.82. The minimum Gasteiger partial charge on any atom is -0.461 e. The Hall–Kier alpha value is -2.38. The Balaban J connectivity index is 1.70. The zero-order valence-corrected chi connectivity index (χ0v) is 14.4. The molecule has 2 aromatic rings. The summed E-state index contributed by atoms with van der Waals surface area (Å²) in [6.07, 6.45) is 1.68. The minimum atomic E-state index is -0.389. The van der Waals surface area contributed by atoms with E-state index in [0.29, 0.717) is 18.8 Å². The van der Waals surface area contributed by atoms with Crippen molar-refractivity contribution in [2.45, 2.75) is 26.3 Å². The van der Waals surface area contributed by atoms with Crippen molar-refractivity contribution in [3.8, 4) is 0 Å². The van der Waals surface area contributed by atoms with Gasteiger partial charge in [-0.3, -0.25) is 10.2 Å². The average molecular weight is 344 g/mol.